The number of aliphatic hydroxyl groups excluding tert-OH is 5. The van der Waals surface area contributed by atoms with Gasteiger partial charge in [0.05, 0.1) is 25.4 Å². The first-order valence-corrected chi connectivity index (χ1v) is 35.1. The van der Waals surface area contributed by atoms with Crippen LogP contribution in [-0.4, -0.2) is 99.6 Å². The number of esters is 1. The van der Waals surface area contributed by atoms with E-state index in [-0.39, 0.29) is 19.4 Å². The van der Waals surface area contributed by atoms with E-state index in [2.05, 4.69) is 74.7 Å². The van der Waals surface area contributed by atoms with Crippen molar-refractivity contribution in [1.29, 1.82) is 0 Å². The van der Waals surface area contributed by atoms with Gasteiger partial charge in [-0.1, -0.05) is 287 Å². The van der Waals surface area contributed by atoms with Crippen LogP contribution in [0.15, 0.2) is 60.8 Å². The van der Waals surface area contributed by atoms with Crippen LogP contribution in [0.25, 0.3) is 0 Å². The first-order valence-electron chi connectivity index (χ1n) is 35.1. The Balaban J connectivity index is 2.56. The molecule has 1 aliphatic rings. The molecule has 0 aromatic rings. The number of carbonyl (C=O) groups excluding carboxylic acids is 2. The molecule has 1 aliphatic heterocycles. The number of aliphatic hydroxyl groups is 5. The molecule has 0 spiro atoms. The van der Waals surface area contributed by atoms with Crippen molar-refractivity contribution in [3.8, 4) is 0 Å². The van der Waals surface area contributed by atoms with Gasteiger partial charge < -0.3 is 45.1 Å². The van der Waals surface area contributed by atoms with Gasteiger partial charge in [0.2, 0.25) is 5.91 Å². The average molecular weight is 1170 g/mol. The molecular formula is C72H131NO10. The van der Waals surface area contributed by atoms with Crippen LogP contribution in [0, 0.1) is 0 Å². The van der Waals surface area contributed by atoms with Gasteiger partial charge in [-0.25, -0.2) is 0 Å². The number of hydrogen-bond donors (Lipinski definition) is 6. The van der Waals surface area contributed by atoms with Crippen molar-refractivity contribution in [2.75, 3.05) is 13.2 Å². The number of allylic oxidation sites excluding steroid dienone is 9. The van der Waals surface area contributed by atoms with Crippen molar-refractivity contribution >= 4 is 11.9 Å². The third kappa shape index (κ3) is 47.2. The molecule has 83 heavy (non-hydrogen) atoms. The maximum Gasteiger partial charge on any atom is 0.306 e. The molecule has 11 nitrogen and oxygen atoms in total. The van der Waals surface area contributed by atoms with Gasteiger partial charge in [0.15, 0.2) is 12.4 Å². The van der Waals surface area contributed by atoms with Crippen LogP contribution in [0.2, 0.25) is 0 Å². The molecule has 8 atom stereocenters. The lowest BCUT2D eigenvalue weighted by atomic mass is 9.99. The Bertz CT molecular complexity index is 1580. The second kappa shape index (κ2) is 59.7. The van der Waals surface area contributed by atoms with Crippen LogP contribution in [0.3, 0.4) is 0 Å². The Morgan fingerprint density at radius 3 is 1.28 bits per heavy atom. The third-order valence-corrected chi connectivity index (χ3v) is 16.4. The van der Waals surface area contributed by atoms with Gasteiger partial charge in [-0.15, -0.1) is 0 Å². The zero-order valence-electron chi connectivity index (χ0n) is 53.8. The summed E-state index contributed by atoms with van der Waals surface area (Å²) in [4.78, 5) is 26.6. The summed E-state index contributed by atoms with van der Waals surface area (Å²) < 4.78 is 17.7. The molecule has 0 radical (unpaired) electrons. The van der Waals surface area contributed by atoms with Gasteiger partial charge in [-0.3, -0.25) is 9.59 Å². The SMILES string of the molecule is CCCCC/C=C\C/C=C\C/C=C\CCCCCCCC(O)C(=O)NC(COC1OC(CO)C(O)C(O)C1OC(=O)CCCCCCCCCCCCCCCCC/C=C/CCCCCCCC)C(O)/C=C/CCCCCCCCCCC. The lowest BCUT2D eigenvalue weighted by Gasteiger charge is -2.41. The monoisotopic (exact) mass is 1170 g/mol. The molecule has 1 heterocycles. The Hall–Kier alpha value is -2.64. The molecule has 6 N–H and O–H groups in total. The molecular weight excluding hydrogens is 1040 g/mol. The topological polar surface area (TPSA) is 175 Å². The summed E-state index contributed by atoms with van der Waals surface area (Å²) in [6, 6.07) is -1.03. The Morgan fingerprint density at radius 2 is 0.831 bits per heavy atom. The van der Waals surface area contributed by atoms with Crippen molar-refractivity contribution in [3.63, 3.8) is 0 Å². The fourth-order valence-electron chi connectivity index (χ4n) is 10.8. The summed E-state index contributed by atoms with van der Waals surface area (Å²) >= 11 is 0. The minimum absolute atomic E-state index is 0.123. The number of ether oxygens (including phenoxy) is 3. The second-order valence-electron chi connectivity index (χ2n) is 24.3. The molecule has 8 unspecified atom stereocenters. The van der Waals surface area contributed by atoms with Gasteiger partial charge in [0.1, 0.15) is 24.4 Å². The van der Waals surface area contributed by atoms with Crippen LogP contribution in [0.4, 0.5) is 0 Å². The average Bonchev–Trinajstić information content (AvgIpc) is 3.64. The summed E-state index contributed by atoms with van der Waals surface area (Å²) in [5.74, 6) is -1.20. The van der Waals surface area contributed by atoms with Gasteiger partial charge >= 0.3 is 5.97 Å². The highest BCUT2D eigenvalue weighted by atomic mass is 16.7. The highest BCUT2D eigenvalue weighted by molar-refractivity contribution is 5.80. The van der Waals surface area contributed by atoms with Crippen molar-refractivity contribution < 1.29 is 49.3 Å². The van der Waals surface area contributed by atoms with Crippen LogP contribution in [-0.2, 0) is 23.8 Å². The fourth-order valence-corrected chi connectivity index (χ4v) is 10.8. The summed E-state index contributed by atoms with van der Waals surface area (Å²) in [6.07, 6.45) is 65.5. The van der Waals surface area contributed by atoms with E-state index in [1.807, 2.05) is 6.08 Å². The van der Waals surface area contributed by atoms with E-state index >= 15 is 0 Å². The number of hydrogen-bond acceptors (Lipinski definition) is 10. The molecule has 0 saturated carbocycles. The van der Waals surface area contributed by atoms with Crippen molar-refractivity contribution in [3.05, 3.63) is 60.8 Å². The van der Waals surface area contributed by atoms with E-state index in [1.54, 1.807) is 6.08 Å². The molecule has 0 bridgehead atoms. The summed E-state index contributed by atoms with van der Waals surface area (Å²) in [6.45, 7) is 5.77. The predicted octanol–water partition coefficient (Wildman–Crippen LogP) is 17.7. The second-order valence-corrected chi connectivity index (χ2v) is 24.3. The van der Waals surface area contributed by atoms with E-state index in [4.69, 9.17) is 14.2 Å². The van der Waals surface area contributed by atoms with E-state index in [0.29, 0.717) is 12.8 Å². The third-order valence-electron chi connectivity index (χ3n) is 16.4. The minimum atomic E-state index is -1.62. The van der Waals surface area contributed by atoms with Crippen LogP contribution in [0.5, 0.6) is 0 Å². The lowest BCUT2D eigenvalue weighted by molar-refractivity contribution is -0.305. The number of unbranched alkanes of at least 4 members (excludes halogenated alkanes) is 38. The van der Waals surface area contributed by atoms with Gasteiger partial charge in [-0.2, -0.15) is 0 Å². The molecule has 11 heteroatoms. The maximum atomic E-state index is 13.4. The largest absolute Gasteiger partial charge is 0.454 e. The fraction of sp³-hybridized carbons (Fsp3) is 0.833. The number of nitrogens with one attached hydrogen (secondary N) is 1. The quantitative estimate of drug-likeness (QED) is 0.0195. The first-order chi connectivity index (χ1) is 40.7. The number of rotatable bonds is 60. The molecule has 0 aromatic heterocycles. The smallest absolute Gasteiger partial charge is 0.306 e. The summed E-state index contributed by atoms with van der Waals surface area (Å²) in [5.41, 5.74) is 0. The van der Waals surface area contributed by atoms with Crippen LogP contribution in [0.1, 0.15) is 323 Å². The zero-order chi connectivity index (χ0) is 60.3. The molecule has 1 amide bonds. The van der Waals surface area contributed by atoms with Crippen LogP contribution >= 0.6 is 0 Å². The Kier molecular flexibility index (Phi) is 56.4. The standard InChI is InChI=1S/C72H131NO10/c1-4-7-10-13-16-19-22-24-26-28-30-31-32-33-34-35-36-38-40-42-45-48-51-54-57-60-67(77)83-70-69(79)68(78)66(61-74)82-72(70)81-62-63(64(75)58-55-52-49-46-43-21-18-15-12-9-6-3)73-71(80)65(76)59-56-53-50-47-44-41-39-37-29-27-25-23-20-17-14-11-8-5-2/h17,20,24-27,37,39,55,58,63-66,68-70,72,74-76,78-79H,4-16,18-19,21-23,28-36,38,40-54,56-57,59-62H2,1-3H3,(H,73,80)/b20-17-,26-24+,27-25-,39-37-,58-55+. The van der Waals surface area contributed by atoms with Crippen molar-refractivity contribution in [1.82, 2.24) is 5.32 Å². The maximum absolute atomic E-state index is 13.4. The molecule has 0 aromatic carbocycles. The van der Waals surface area contributed by atoms with Gasteiger partial charge in [-0.05, 0) is 89.9 Å². The van der Waals surface area contributed by atoms with E-state index in [1.165, 1.54) is 193 Å². The van der Waals surface area contributed by atoms with E-state index < -0.39 is 67.4 Å². The van der Waals surface area contributed by atoms with E-state index in [0.717, 1.165) is 83.5 Å². The Morgan fingerprint density at radius 1 is 0.470 bits per heavy atom. The number of amides is 1. The highest BCUT2D eigenvalue weighted by Gasteiger charge is 2.47. The number of carbonyl (C=O) groups is 2. The molecule has 0 aliphatic carbocycles. The first kappa shape index (κ1) is 78.4. The van der Waals surface area contributed by atoms with Crippen LogP contribution < -0.4 is 5.32 Å². The van der Waals surface area contributed by atoms with E-state index in [9.17, 15) is 35.1 Å². The molecule has 1 saturated heterocycles. The lowest BCUT2D eigenvalue weighted by Crippen LogP contribution is -2.61. The van der Waals surface area contributed by atoms with Crippen molar-refractivity contribution in [2.24, 2.45) is 0 Å². The zero-order valence-corrected chi connectivity index (χ0v) is 53.8. The molecule has 1 rings (SSSR count). The van der Waals surface area contributed by atoms with Gasteiger partial charge in [0, 0.05) is 6.42 Å². The minimum Gasteiger partial charge on any atom is -0.454 e. The molecule has 1 fully saturated rings. The summed E-state index contributed by atoms with van der Waals surface area (Å²) in [5, 5.41) is 57.1. The molecule has 484 valence electrons. The summed E-state index contributed by atoms with van der Waals surface area (Å²) in [7, 11) is 0. The Labute approximate surface area is 509 Å². The normalized spacial score (nSPS) is 18.9. The van der Waals surface area contributed by atoms with Crippen molar-refractivity contribution in [2.45, 2.75) is 372 Å². The highest BCUT2D eigenvalue weighted by Crippen LogP contribution is 2.26. The predicted molar refractivity (Wildman–Crippen MR) is 347 cm³/mol. The van der Waals surface area contributed by atoms with Gasteiger partial charge in [0.25, 0.3) is 0 Å².